The number of nitrogens with zero attached hydrogens (tertiary/aromatic N) is 1. The number of aryl methyl sites for hydroxylation is 1. The summed E-state index contributed by atoms with van der Waals surface area (Å²) >= 11 is 0. The summed E-state index contributed by atoms with van der Waals surface area (Å²) in [6, 6.07) is 0. The fourth-order valence-electron chi connectivity index (χ4n) is 0.654. The number of hydrogen-bond donors (Lipinski definition) is 1. The van der Waals surface area contributed by atoms with Crippen molar-refractivity contribution in [3.8, 4) is 5.88 Å². The molecule has 50 valence electrons. The van der Waals surface area contributed by atoms with Gasteiger partial charge in [-0.05, 0) is 6.92 Å². The van der Waals surface area contributed by atoms with E-state index in [1.165, 1.54) is 0 Å². The van der Waals surface area contributed by atoms with E-state index in [1.807, 2.05) is 0 Å². The minimum absolute atomic E-state index is 0.289. The topological polar surface area (TPSA) is 76.7 Å². The fourth-order valence-corrected chi connectivity index (χ4v) is 0.654. The molecule has 1 rings (SSSR count). The van der Waals surface area contributed by atoms with Crippen LogP contribution in [-0.4, -0.2) is 5.16 Å². The maximum absolute atomic E-state index is 10.6. The molecule has 9 heavy (non-hydrogen) atoms. The second kappa shape index (κ2) is 2.06. The lowest BCUT2D eigenvalue weighted by Crippen LogP contribution is -2.47. The Bertz CT molecular complexity index is 187. The molecule has 0 atom stereocenters. The van der Waals surface area contributed by atoms with Gasteiger partial charge in [-0.3, -0.25) is 0 Å². The van der Waals surface area contributed by atoms with Crippen LogP contribution in [0.25, 0.3) is 0 Å². The maximum Gasteiger partial charge on any atom is 0.141 e. The van der Waals surface area contributed by atoms with E-state index in [-0.39, 0.29) is 5.88 Å². The fraction of sp³-hybridized carbons (Fsp3) is 0.400. The van der Waals surface area contributed by atoms with Gasteiger partial charge in [-0.1, -0.05) is 5.16 Å². The van der Waals surface area contributed by atoms with E-state index >= 15 is 0 Å². The van der Waals surface area contributed by atoms with Gasteiger partial charge in [-0.2, -0.15) is 0 Å². The summed E-state index contributed by atoms with van der Waals surface area (Å²) in [5.74, 6) is 0.289. The lowest BCUT2D eigenvalue weighted by atomic mass is 10.3. The lowest BCUT2D eigenvalue weighted by Gasteiger charge is -1.96. The Kier molecular flexibility index (Phi) is 1.40. The first-order valence-electron chi connectivity index (χ1n) is 2.67. The van der Waals surface area contributed by atoms with E-state index in [2.05, 4.69) is 15.4 Å². The molecular formula is C5H8N2O2. The van der Waals surface area contributed by atoms with E-state index in [0.717, 1.165) is 0 Å². The van der Waals surface area contributed by atoms with Gasteiger partial charge in [0.05, 0.1) is 5.56 Å². The Morgan fingerprint density at radius 1 is 1.78 bits per heavy atom. The van der Waals surface area contributed by atoms with Crippen LogP contribution in [0.3, 0.4) is 0 Å². The van der Waals surface area contributed by atoms with Crippen molar-refractivity contribution in [1.29, 1.82) is 0 Å². The zero-order valence-electron chi connectivity index (χ0n) is 5.18. The molecule has 1 aromatic rings. The highest BCUT2D eigenvalue weighted by Crippen LogP contribution is 2.13. The quantitative estimate of drug-likeness (QED) is 0.516. The molecule has 0 spiro atoms. The molecule has 0 fully saturated rings. The van der Waals surface area contributed by atoms with Gasteiger partial charge < -0.3 is 15.4 Å². The van der Waals surface area contributed by atoms with E-state index in [0.29, 0.717) is 17.9 Å². The summed E-state index contributed by atoms with van der Waals surface area (Å²) < 4.78 is 4.58. The Labute approximate surface area is 52.3 Å². The van der Waals surface area contributed by atoms with Gasteiger partial charge in [0.15, 0.2) is 0 Å². The van der Waals surface area contributed by atoms with Crippen LogP contribution in [0, 0.1) is 6.92 Å². The summed E-state index contributed by atoms with van der Waals surface area (Å²) in [7, 11) is 0. The molecule has 0 aromatic carbocycles. The summed E-state index contributed by atoms with van der Waals surface area (Å²) in [6.07, 6.45) is 0. The Hall–Kier alpha value is -1.03. The maximum atomic E-state index is 10.6. The lowest BCUT2D eigenvalue weighted by molar-refractivity contribution is -0.389. The predicted molar refractivity (Wildman–Crippen MR) is 27.3 cm³/mol. The van der Waals surface area contributed by atoms with E-state index in [9.17, 15) is 5.11 Å². The highest BCUT2D eigenvalue weighted by molar-refractivity contribution is 5.23. The van der Waals surface area contributed by atoms with Crippen LogP contribution in [0.2, 0.25) is 0 Å². The standard InChI is InChI=1S/C5H8N2O2/c1-3-4(2-6)5(8)7-9-3/h2,6H2,1H3,(H,7,8). The Morgan fingerprint density at radius 2 is 2.44 bits per heavy atom. The van der Waals surface area contributed by atoms with Crippen molar-refractivity contribution in [2.24, 2.45) is 0 Å². The third kappa shape index (κ3) is 0.882. The van der Waals surface area contributed by atoms with Crippen LogP contribution in [0.1, 0.15) is 11.3 Å². The van der Waals surface area contributed by atoms with Crippen molar-refractivity contribution >= 4 is 0 Å². The largest absolute Gasteiger partial charge is 0.856 e. The van der Waals surface area contributed by atoms with Crippen LogP contribution >= 0.6 is 0 Å². The first-order chi connectivity index (χ1) is 4.25. The molecule has 0 bridgehead atoms. The zero-order valence-corrected chi connectivity index (χ0v) is 5.18. The van der Waals surface area contributed by atoms with Crippen LogP contribution in [0.15, 0.2) is 4.52 Å². The van der Waals surface area contributed by atoms with Crippen molar-refractivity contribution < 1.29 is 15.4 Å². The minimum Gasteiger partial charge on any atom is -0.856 e. The first kappa shape index (κ1) is 6.10. The van der Waals surface area contributed by atoms with Crippen molar-refractivity contribution in [3.63, 3.8) is 0 Å². The van der Waals surface area contributed by atoms with Crippen LogP contribution in [0.4, 0.5) is 0 Å². The summed E-state index contributed by atoms with van der Waals surface area (Å²) in [5.41, 5.74) is 4.13. The summed E-state index contributed by atoms with van der Waals surface area (Å²) in [6.45, 7) is 2.16. The van der Waals surface area contributed by atoms with Gasteiger partial charge in [-0.15, -0.1) is 0 Å². The smallest absolute Gasteiger partial charge is 0.141 e. The molecule has 4 heteroatoms. The molecule has 0 amide bonds. The molecule has 0 aliphatic carbocycles. The number of rotatable bonds is 1. The van der Waals surface area contributed by atoms with Gasteiger partial charge >= 0.3 is 0 Å². The van der Waals surface area contributed by atoms with Crippen LogP contribution < -0.4 is 10.8 Å². The average Bonchev–Trinajstić information content (AvgIpc) is 2.12. The van der Waals surface area contributed by atoms with Crippen LogP contribution in [-0.2, 0) is 6.54 Å². The van der Waals surface area contributed by atoms with Crippen LogP contribution in [0.5, 0.6) is 5.88 Å². The third-order valence-electron chi connectivity index (χ3n) is 1.20. The minimum atomic E-state index is -0.289. The van der Waals surface area contributed by atoms with Gasteiger partial charge in [0.2, 0.25) is 0 Å². The van der Waals surface area contributed by atoms with Gasteiger partial charge in [0, 0.05) is 5.88 Å². The van der Waals surface area contributed by atoms with Crippen molar-refractivity contribution in [3.05, 3.63) is 11.3 Å². The molecular weight excluding hydrogens is 120 g/mol. The van der Waals surface area contributed by atoms with Gasteiger partial charge in [-0.25, -0.2) is 0 Å². The number of hydrogen-bond acceptors (Lipinski definition) is 3. The summed E-state index contributed by atoms with van der Waals surface area (Å²) in [5, 5.41) is 13.8. The van der Waals surface area contributed by atoms with Crippen molar-refractivity contribution in [2.75, 3.05) is 0 Å². The molecule has 4 nitrogen and oxygen atoms in total. The predicted octanol–water partition coefficient (Wildman–Crippen LogP) is -1.20. The Morgan fingerprint density at radius 3 is 2.67 bits per heavy atom. The normalized spacial score (nSPS) is 10.0. The molecule has 0 saturated heterocycles. The van der Waals surface area contributed by atoms with Gasteiger partial charge in [0.25, 0.3) is 0 Å². The molecule has 0 saturated carbocycles. The van der Waals surface area contributed by atoms with Gasteiger partial charge in [0.1, 0.15) is 12.3 Å². The summed E-state index contributed by atoms with van der Waals surface area (Å²) in [4.78, 5) is 0. The zero-order chi connectivity index (χ0) is 6.85. The van der Waals surface area contributed by atoms with E-state index < -0.39 is 0 Å². The van der Waals surface area contributed by atoms with Crippen molar-refractivity contribution in [1.82, 2.24) is 5.16 Å². The second-order valence-electron chi connectivity index (χ2n) is 1.77. The van der Waals surface area contributed by atoms with E-state index in [1.54, 1.807) is 6.92 Å². The first-order valence-corrected chi connectivity index (χ1v) is 2.67. The SMILES string of the molecule is Cc1onc([O-])c1C[NH3+]. The molecule has 3 N–H and O–H groups in total. The monoisotopic (exact) mass is 128 g/mol. The van der Waals surface area contributed by atoms with Crippen molar-refractivity contribution in [2.45, 2.75) is 13.5 Å². The molecule has 0 radical (unpaired) electrons. The molecule has 1 aromatic heterocycles. The molecule has 0 unspecified atom stereocenters. The molecule has 0 aliphatic heterocycles. The third-order valence-corrected chi connectivity index (χ3v) is 1.20. The highest BCUT2D eigenvalue weighted by atomic mass is 16.5. The molecule has 1 heterocycles. The number of quaternary nitrogens is 1. The average molecular weight is 128 g/mol. The van der Waals surface area contributed by atoms with E-state index in [4.69, 9.17) is 0 Å². The Balaban J connectivity index is 3.07. The highest BCUT2D eigenvalue weighted by Gasteiger charge is 2.02. The molecule has 0 aliphatic rings. The second-order valence-corrected chi connectivity index (χ2v) is 1.77. The number of aromatic nitrogens is 1.